The van der Waals surface area contributed by atoms with Crippen molar-refractivity contribution in [1.82, 2.24) is 0 Å². The van der Waals surface area contributed by atoms with Gasteiger partial charge in [-0.25, -0.2) is 0 Å². The minimum Gasteiger partial charge on any atom is -0.486 e. The van der Waals surface area contributed by atoms with Gasteiger partial charge in [-0.3, -0.25) is 4.79 Å². The number of amides is 1. The Kier molecular flexibility index (Phi) is 5.21. The summed E-state index contributed by atoms with van der Waals surface area (Å²) in [5, 5.41) is 3.27. The van der Waals surface area contributed by atoms with Crippen LogP contribution in [0.15, 0.2) is 35.2 Å². The van der Waals surface area contributed by atoms with Crippen molar-refractivity contribution in [2.75, 3.05) is 24.3 Å². The molecule has 1 N–H and O–H groups in total. The van der Waals surface area contributed by atoms with Crippen LogP contribution in [0.2, 0.25) is 5.02 Å². The number of rotatable bonds is 4. The minimum absolute atomic E-state index is 0.112. The fourth-order valence-corrected chi connectivity index (χ4v) is 3.46. The average molecular weight is 364 g/mol. The number of fused-ring (bicyclic) bond motifs is 1. The lowest BCUT2D eigenvalue weighted by molar-refractivity contribution is -0.113. The zero-order valence-corrected chi connectivity index (χ0v) is 15.1. The van der Waals surface area contributed by atoms with Gasteiger partial charge in [0.2, 0.25) is 5.91 Å². The van der Waals surface area contributed by atoms with Gasteiger partial charge in [0.05, 0.1) is 16.5 Å². The quantitative estimate of drug-likeness (QED) is 0.815. The molecular formula is C18H18ClNO3S. The topological polar surface area (TPSA) is 47.6 Å². The Labute approximate surface area is 150 Å². The fraction of sp³-hybridized carbons (Fsp3) is 0.278. The molecule has 3 rings (SSSR count). The molecule has 2 aromatic rings. The second-order valence-electron chi connectivity index (χ2n) is 5.58. The molecule has 1 aliphatic rings. The highest BCUT2D eigenvalue weighted by atomic mass is 35.5. The molecule has 0 saturated carbocycles. The van der Waals surface area contributed by atoms with E-state index in [1.165, 1.54) is 22.9 Å². The molecule has 0 unspecified atom stereocenters. The van der Waals surface area contributed by atoms with Crippen molar-refractivity contribution in [3.63, 3.8) is 0 Å². The van der Waals surface area contributed by atoms with Crippen LogP contribution in [0.4, 0.5) is 5.69 Å². The first-order chi connectivity index (χ1) is 11.5. The maximum atomic E-state index is 12.2. The van der Waals surface area contributed by atoms with Gasteiger partial charge >= 0.3 is 0 Å². The van der Waals surface area contributed by atoms with Crippen molar-refractivity contribution in [3.8, 4) is 11.5 Å². The first kappa shape index (κ1) is 17.0. The van der Waals surface area contributed by atoms with Crippen LogP contribution in [0.5, 0.6) is 11.5 Å². The van der Waals surface area contributed by atoms with E-state index in [1.807, 2.05) is 19.1 Å². The van der Waals surface area contributed by atoms with Gasteiger partial charge in [-0.2, -0.15) is 0 Å². The Morgan fingerprint density at radius 1 is 1.17 bits per heavy atom. The van der Waals surface area contributed by atoms with E-state index in [9.17, 15) is 4.79 Å². The van der Waals surface area contributed by atoms with Crippen molar-refractivity contribution in [2.45, 2.75) is 18.7 Å². The van der Waals surface area contributed by atoms with E-state index in [-0.39, 0.29) is 5.91 Å². The number of benzene rings is 2. The highest BCUT2D eigenvalue weighted by Crippen LogP contribution is 2.38. The summed E-state index contributed by atoms with van der Waals surface area (Å²) in [6.07, 6.45) is 0. The van der Waals surface area contributed by atoms with Gasteiger partial charge in [0, 0.05) is 17.0 Å². The van der Waals surface area contributed by atoms with Gasteiger partial charge < -0.3 is 14.8 Å². The van der Waals surface area contributed by atoms with Crippen LogP contribution in [0.3, 0.4) is 0 Å². The molecule has 1 heterocycles. The van der Waals surface area contributed by atoms with E-state index in [2.05, 4.69) is 18.3 Å². The van der Waals surface area contributed by atoms with Crippen molar-refractivity contribution in [3.05, 3.63) is 46.5 Å². The summed E-state index contributed by atoms with van der Waals surface area (Å²) in [6, 6.07) is 9.57. The Hall–Kier alpha value is -1.85. The lowest BCUT2D eigenvalue weighted by Crippen LogP contribution is -2.17. The Morgan fingerprint density at radius 3 is 2.58 bits per heavy atom. The van der Waals surface area contributed by atoms with Gasteiger partial charge in [0.25, 0.3) is 0 Å². The average Bonchev–Trinajstić information content (AvgIpc) is 2.55. The monoisotopic (exact) mass is 363 g/mol. The predicted octanol–water partition coefficient (Wildman–Crippen LogP) is 4.46. The molecule has 2 aromatic carbocycles. The summed E-state index contributed by atoms with van der Waals surface area (Å²) in [4.78, 5) is 13.3. The molecule has 6 heteroatoms. The van der Waals surface area contributed by atoms with Gasteiger partial charge in [-0.05, 0) is 25.5 Å². The fourth-order valence-electron chi connectivity index (χ4n) is 2.45. The summed E-state index contributed by atoms with van der Waals surface area (Å²) < 4.78 is 11.0. The van der Waals surface area contributed by atoms with Crippen LogP contribution >= 0.6 is 23.4 Å². The van der Waals surface area contributed by atoms with Crippen molar-refractivity contribution in [1.29, 1.82) is 0 Å². The van der Waals surface area contributed by atoms with Gasteiger partial charge in [0.1, 0.15) is 13.2 Å². The maximum absolute atomic E-state index is 12.2. The Morgan fingerprint density at radius 2 is 1.88 bits per heavy atom. The second-order valence-corrected chi connectivity index (χ2v) is 7.01. The molecule has 0 saturated heterocycles. The summed E-state index contributed by atoms with van der Waals surface area (Å²) in [5.41, 5.74) is 2.92. The number of carbonyl (C=O) groups excluding carboxylic acids is 1. The van der Waals surface area contributed by atoms with Crippen molar-refractivity contribution < 1.29 is 14.3 Å². The molecule has 1 aliphatic heterocycles. The molecular weight excluding hydrogens is 346 g/mol. The van der Waals surface area contributed by atoms with Gasteiger partial charge in [-0.15, -0.1) is 11.8 Å². The highest BCUT2D eigenvalue weighted by molar-refractivity contribution is 8.00. The third-order valence-electron chi connectivity index (χ3n) is 3.60. The molecule has 24 heavy (non-hydrogen) atoms. The molecule has 0 aliphatic carbocycles. The van der Waals surface area contributed by atoms with E-state index >= 15 is 0 Å². The number of aryl methyl sites for hydroxylation is 2. The van der Waals surface area contributed by atoms with Crippen LogP contribution in [0.1, 0.15) is 11.1 Å². The summed E-state index contributed by atoms with van der Waals surface area (Å²) >= 11 is 7.71. The molecule has 1 amide bonds. The van der Waals surface area contributed by atoms with E-state index < -0.39 is 0 Å². The largest absolute Gasteiger partial charge is 0.486 e. The molecule has 0 fully saturated rings. The molecule has 0 radical (unpaired) electrons. The van der Waals surface area contributed by atoms with Crippen molar-refractivity contribution >= 4 is 35.0 Å². The molecule has 0 spiro atoms. The number of hydrogen-bond acceptors (Lipinski definition) is 4. The van der Waals surface area contributed by atoms with Crippen LogP contribution in [-0.4, -0.2) is 24.9 Å². The zero-order chi connectivity index (χ0) is 17.1. The smallest absolute Gasteiger partial charge is 0.234 e. The number of thioether (sulfide) groups is 1. The van der Waals surface area contributed by atoms with Crippen LogP contribution in [-0.2, 0) is 4.79 Å². The third-order valence-corrected chi connectivity index (χ3v) is 5.08. The molecule has 0 bridgehead atoms. The summed E-state index contributed by atoms with van der Waals surface area (Å²) in [5.74, 6) is 1.41. The van der Waals surface area contributed by atoms with Crippen LogP contribution in [0, 0.1) is 13.8 Å². The number of hydrogen-bond donors (Lipinski definition) is 1. The number of halogens is 1. The van der Waals surface area contributed by atoms with Crippen LogP contribution < -0.4 is 14.8 Å². The first-order valence-corrected chi connectivity index (χ1v) is 8.98. The number of carbonyl (C=O) groups is 1. The normalized spacial score (nSPS) is 12.8. The molecule has 0 aromatic heterocycles. The lowest BCUT2D eigenvalue weighted by Gasteiger charge is -2.20. The second kappa shape index (κ2) is 7.36. The summed E-state index contributed by atoms with van der Waals surface area (Å²) in [6.45, 7) is 5.09. The number of ether oxygens (including phenoxy) is 2. The minimum atomic E-state index is -0.112. The Balaban J connectivity index is 1.64. The third kappa shape index (κ3) is 3.97. The number of anilines is 1. The summed E-state index contributed by atoms with van der Waals surface area (Å²) in [7, 11) is 0. The Bertz CT molecular complexity index is 779. The number of nitrogens with one attached hydrogen (secondary N) is 1. The van der Waals surface area contributed by atoms with Crippen LogP contribution in [0.25, 0.3) is 0 Å². The standard InChI is InChI=1S/C18H18ClNO3S/c1-11-3-4-17(12(2)7-11)24-10-18(21)20-14-9-16-15(8-13(14)19)22-5-6-23-16/h3-4,7-9H,5-6,10H2,1-2H3,(H,20,21). The van der Waals surface area contributed by atoms with Gasteiger partial charge in [0.15, 0.2) is 11.5 Å². The maximum Gasteiger partial charge on any atom is 0.234 e. The lowest BCUT2D eigenvalue weighted by atomic mass is 10.2. The van der Waals surface area contributed by atoms with E-state index in [0.717, 1.165) is 4.90 Å². The zero-order valence-electron chi connectivity index (χ0n) is 13.5. The van der Waals surface area contributed by atoms with E-state index in [0.29, 0.717) is 41.2 Å². The predicted molar refractivity (Wildman–Crippen MR) is 97.7 cm³/mol. The first-order valence-electron chi connectivity index (χ1n) is 7.62. The van der Waals surface area contributed by atoms with E-state index in [1.54, 1.807) is 12.1 Å². The van der Waals surface area contributed by atoms with Gasteiger partial charge in [-0.1, -0.05) is 29.3 Å². The van der Waals surface area contributed by atoms with E-state index in [4.69, 9.17) is 21.1 Å². The SMILES string of the molecule is Cc1ccc(SCC(=O)Nc2cc3c(cc2Cl)OCCO3)c(C)c1. The molecule has 0 atom stereocenters. The van der Waals surface area contributed by atoms with Crippen molar-refractivity contribution in [2.24, 2.45) is 0 Å². The molecule has 4 nitrogen and oxygen atoms in total. The molecule has 126 valence electrons. The highest BCUT2D eigenvalue weighted by Gasteiger charge is 2.16.